The fraction of sp³-hybridized carbons (Fsp3) is 0.333. The highest BCUT2D eigenvalue weighted by molar-refractivity contribution is 9.10. The molecule has 108 valence electrons. The van der Waals surface area contributed by atoms with Gasteiger partial charge in [-0.25, -0.2) is 0 Å². The summed E-state index contributed by atoms with van der Waals surface area (Å²) in [6.45, 7) is 5.50. The van der Waals surface area contributed by atoms with Crippen LogP contribution in [0.15, 0.2) is 28.7 Å². The quantitative estimate of drug-likeness (QED) is 0.804. The van der Waals surface area contributed by atoms with Crippen molar-refractivity contribution in [2.45, 2.75) is 20.4 Å². The van der Waals surface area contributed by atoms with Gasteiger partial charge in [0.1, 0.15) is 0 Å². The van der Waals surface area contributed by atoms with Crippen LogP contribution in [-0.4, -0.2) is 13.7 Å². The number of anilines is 1. The van der Waals surface area contributed by atoms with E-state index in [-0.39, 0.29) is 0 Å². The summed E-state index contributed by atoms with van der Waals surface area (Å²) in [5.74, 6) is 1.52. The molecule has 0 aliphatic carbocycles. The van der Waals surface area contributed by atoms with Crippen LogP contribution in [0.2, 0.25) is 0 Å². The number of ether oxygens (including phenoxy) is 2. The minimum Gasteiger partial charge on any atom is -0.493 e. The van der Waals surface area contributed by atoms with E-state index < -0.39 is 0 Å². The highest BCUT2D eigenvalue weighted by Crippen LogP contribution is 2.31. The normalized spacial score (nSPS) is 10.4. The predicted octanol–water partition coefficient (Wildman–Crippen LogP) is 4.84. The molecule has 0 saturated carbocycles. The molecule has 0 fully saturated rings. The van der Waals surface area contributed by atoms with Crippen LogP contribution < -0.4 is 14.8 Å². The lowest BCUT2D eigenvalue weighted by molar-refractivity contribution is 0.311. The first-order chi connectivity index (χ1) is 9.63. The molecular formula is C15H18BrNO2S. The van der Waals surface area contributed by atoms with Crippen molar-refractivity contribution in [1.29, 1.82) is 0 Å². The van der Waals surface area contributed by atoms with Crippen molar-refractivity contribution in [1.82, 2.24) is 0 Å². The highest BCUT2D eigenvalue weighted by atomic mass is 79.9. The molecule has 0 unspecified atom stereocenters. The molecule has 20 heavy (non-hydrogen) atoms. The average Bonchev–Trinajstić information content (AvgIpc) is 2.76. The Hall–Kier alpha value is -1.20. The number of aryl methyl sites for hydroxylation is 1. The fourth-order valence-electron chi connectivity index (χ4n) is 1.85. The number of hydrogen-bond acceptors (Lipinski definition) is 4. The number of rotatable bonds is 6. The monoisotopic (exact) mass is 355 g/mol. The van der Waals surface area contributed by atoms with Crippen LogP contribution in [0, 0.1) is 6.92 Å². The third-order valence-corrected chi connectivity index (χ3v) is 4.98. The Bertz CT molecular complexity index is 564. The molecule has 2 rings (SSSR count). The lowest BCUT2D eigenvalue weighted by atomic mass is 10.2. The minimum absolute atomic E-state index is 0.622. The summed E-state index contributed by atoms with van der Waals surface area (Å²) in [6.07, 6.45) is 0. The molecule has 1 N–H and O–H groups in total. The van der Waals surface area contributed by atoms with Crippen LogP contribution in [0.5, 0.6) is 11.5 Å². The van der Waals surface area contributed by atoms with Gasteiger partial charge in [0, 0.05) is 32.5 Å². The lowest BCUT2D eigenvalue weighted by Crippen LogP contribution is -2.00. The van der Waals surface area contributed by atoms with Crippen molar-refractivity contribution in [3.63, 3.8) is 0 Å². The molecule has 2 aromatic rings. The first kappa shape index (κ1) is 15.2. The van der Waals surface area contributed by atoms with Gasteiger partial charge in [0.05, 0.1) is 13.7 Å². The average molecular weight is 356 g/mol. The second-order valence-electron chi connectivity index (χ2n) is 4.27. The summed E-state index contributed by atoms with van der Waals surface area (Å²) in [7, 11) is 1.65. The van der Waals surface area contributed by atoms with E-state index in [1.165, 1.54) is 14.2 Å². The number of methoxy groups -OCH3 is 1. The molecule has 0 bridgehead atoms. The summed E-state index contributed by atoms with van der Waals surface area (Å²) >= 11 is 5.33. The highest BCUT2D eigenvalue weighted by Gasteiger charge is 2.06. The SMILES string of the molecule is CCOc1cc(NCc2cc(Br)c(C)s2)ccc1OC. The maximum absolute atomic E-state index is 5.57. The molecule has 0 radical (unpaired) electrons. The Kier molecular flexibility index (Phi) is 5.31. The summed E-state index contributed by atoms with van der Waals surface area (Å²) in [6, 6.07) is 8.04. The lowest BCUT2D eigenvalue weighted by Gasteiger charge is -2.12. The van der Waals surface area contributed by atoms with E-state index in [9.17, 15) is 0 Å². The Morgan fingerprint density at radius 3 is 2.65 bits per heavy atom. The molecule has 1 aromatic heterocycles. The second-order valence-corrected chi connectivity index (χ2v) is 6.46. The first-order valence-electron chi connectivity index (χ1n) is 6.43. The Morgan fingerprint density at radius 2 is 2.05 bits per heavy atom. The van der Waals surface area contributed by atoms with Gasteiger partial charge in [0.15, 0.2) is 11.5 Å². The van der Waals surface area contributed by atoms with Gasteiger partial charge in [-0.2, -0.15) is 0 Å². The molecule has 0 amide bonds. The second kappa shape index (κ2) is 6.99. The van der Waals surface area contributed by atoms with Gasteiger partial charge in [0.25, 0.3) is 0 Å². The van der Waals surface area contributed by atoms with Crippen molar-refractivity contribution < 1.29 is 9.47 Å². The van der Waals surface area contributed by atoms with Gasteiger partial charge in [-0.15, -0.1) is 11.3 Å². The number of halogens is 1. The molecule has 1 aromatic carbocycles. The third kappa shape index (κ3) is 3.67. The van der Waals surface area contributed by atoms with Gasteiger partial charge in [-0.05, 0) is 48.0 Å². The number of hydrogen-bond donors (Lipinski definition) is 1. The van der Waals surface area contributed by atoms with Crippen LogP contribution >= 0.6 is 27.3 Å². The summed E-state index contributed by atoms with van der Waals surface area (Å²) < 4.78 is 12.0. The Morgan fingerprint density at radius 1 is 1.25 bits per heavy atom. The smallest absolute Gasteiger partial charge is 0.163 e. The zero-order valence-electron chi connectivity index (χ0n) is 11.8. The van der Waals surface area contributed by atoms with Gasteiger partial charge in [-0.3, -0.25) is 0 Å². The minimum atomic E-state index is 0.622. The topological polar surface area (TPSA) is 30.5 Å². The van der Waals surface area contributed by atoms with Crippen molar-refractivity contribution in [2.75, 3.05) is 19.0 Å². The van der Waals surface area contributed by atoms with E-state index in [1.54, 1.807) is 18.4 Å². The molecule has 0 spiro atoms. The van der Waals surface area contributed by atoms with Gasteiger partial charge in [0.2, 0.25) is 0 Å². The van der Waals surface area contributed by atoms with Crippen LogP contribution in [0.1, 0.15) is 16.7 Å². The molecule has 0 aliphatic rings. The van der Waals surface area contributed by atoms with E-state index in [0.717, 1.165) is 23.7 Å². The largest absolute Gasteiger partial charge is 0.493 e. The zero-order chi connectivity index (χ0) is 14.5. The molecule has 0 atom stereocenters. The number of thiophene rings is 1. The van der Waals surface area contributed by atoms with Crippen molar-refractivity contribution in [3.8, 4) is 11.5 Å². The molecule has 3 nitrogen and oxygen atoms in total. The summed E-state index contributed by atoms with van der Waals surface area (Å²) in [4.78, 5) is 2.59. The summed E-state index contributed by atoms with van der Waals surface area (Å²) in [5, 5.41) is 3.41. The van der Waals surface area contributed by atoms with E-state index >= 15 is 0 Å². The van der Waals surface area contributed by atoms with Crippen molar-refractivity contribution in [2.24, 2.45) is 0 Å². The van der Waals surface area contributed by atoms with Crippen LogP contribution in [0.4, 0.5) is 5.69 Å². The molecule has 0 saturated heterocycles. The standard InChI is InChI=1S/C15H18BrNO2S/c1-4-19-15-7-11(5-6-14(15)18-3)17-9-12-8-13(16)10(2)20-12/h5-8,17H,4,9H2,1-3H3. The summed E-state index contributed by atoms with van der Waals surface area (Å²) in [5.41, 5.74) is 1.02. The van der Waals surface area contributed by atoms with E-state index in [0.29, 0.717) is 6.61 Å². The van der Waals surface area contributed by atoms with E-state index in [2.05, 4.69) is 34.2 Å². The van der Waals surface area contributed by atoms with Crippen molar-refractivity contribution >= 4 is 33.0 Å². The molecular weight excluding hydrogens is 338 g/mol. The maximum Gasteiger partial charge on any atom is 0.163 e. The Balaban J connectivity index is 2.07. The molecule has 0 aliphatic heterocycles. The zero-order valence-corrected chi connectivity index (χ0v) is 14.2. The van der Waals surface area contributed by atoms with Gasteiger partial charge in [-0.1, -0.05) is 0 Å². The number of benzene rings is 1. The van der Waals surface area contributed by atoms with Gasteiger partial charge >= 0.3 is 0 Å². The first-order valence-corrected chi connectivity index (χ1v) is 8.04. The Labute approximate surface area is 132 Å². The predicted molar refractivity (Wildman–Crippen MR) is 88.2 cm³/mol. The van der Waals surface area contributed by atoms with E-state index in [4.69, 9.17) is 9.47 Å². The van der Waals surface area contributed by atoms with E-state index in [1.807, 2.05) is 25.1 Å². The third-order valence-electron chi connectivity index (χ3n) is 2.84. The van der Waals surface area contributed by atoms with Crippen LogP contribution in [-0.2, 0) is 6.54 Å². The molecule has 1 heterocycles. The molecule has 5 heteroatoms. The fourth-order valence-corrected chi connectivity index (χ4v) is 3.39. The van der Waals surface area contributed by atoms with Crippen LogP contribution in [0.3, 0.4) is 0 Å². The van der Waals surface area contributed by atoms with Crippen molar-refractivity contribution in [3.05, 3.63) is 38.5 Å². The number of nitrogens with one attached hydrogen (secondary N) is 1. The van der Waals surface area contributed by atoms with Gasteiger partial charge < -0.3 is 14.8 Å². The maximum atomic E-state index is 5.57. The van der Waals surface area contributed by atoms with Crippen LogP contribution in [0.25, 0.3) is 0 Å².